The molecule has 0 N–H and O–H groups in total. The first-order chi connectivity index (χ1) is 14.6. The first-order valence-corrected chi connectivity index (χ1v) is 12.1. The van der Waals surface area contributed by atoms with Gasteiger partial charge in [0.25, 0.3) is 5.91 Å². The molecular weight excluding hydrogens is 372 g/mol. The predicted octanol–water partition coefficient (Wildman–Crippen LogP) is 7.08. The van der Waals surface area contributed by atoms with E-state index in [0.29, 0.717) is 12.1 Å². The largest absolute Gasteiger partial charge is 0.298 e. The maximum atomic E-state index is 12.7. The van der Waals surface area contributed by atoms with Crippen molar-refractivity contribution in [3.8, 4) is 0 Å². The Morgan fingerprint density at radius 1 is 0.833 bits per heavy atom. The summed E-state index contributed by atoms with van der Waals surface area (Å²) in [4.78, 5) is 25.3. The number of ketones is 1. The molecule has 0 radical (unpaired) electrons. The smallest absolute Gasteiger partial charge is 0.263 e. The van der Waals surface area contributed by atoms with Crippen molar-refractivity contribution in [1.82, 2.24) is 0 Å². The first kappa shape index (κ1) is 24.3. The van der Waals surface area contributed by atoms with Crippen LogP contribution in [-0.4, -0.2) is 17.4 Å². The molecule has 0 bridgehead atoms. The summed E-state index contributed by atoms with van der Waals surface area (Å²) in [6, 6.07) is 9.33. The number of Topliss-reactive ketones (excluding diaryl/α,β-unsaturated/α-hetero) is 1. The number of para-hydroxylation sites is 1. The van der Waals surface area contributed by atoms with Crippen LogP contribution < -0.4 is 5.01 Å². The lowest BCUT2D eigenvalue weighted by molar-refractivity contribution is -0.129. The van der Waals surface area contributed by atoms with Gasteiger partial charge in [-0.2, -0.15) is 10.1 Å². The highest BCUT2D eigenvalue weighted by molar-refractivity contribution is 6.26. The normalized spacial score (nSPS) is 16.2. The van der Waals surface area contributed by atoms with Crippen molar-refractivity contribution in [1.29, 1.82) is 0 Å². The number of unbranched alkanes of at least 4 members (excludes halogenated alkanes) is 12. The highest BCUT2D eigenvalue weighted by Crippen LogP contribution is 2.25. The first-order valence-electron chi connectivity index (χ1n) is 12.1. The van der Waals surface area contributed by atoms with Gasteiger partial charge in [0.1, 0.15) is 5.92 Å². The van der Waals surface area contributed by atoms with Gasteiger partial charge in [-0.1, -0.05) is 102 Å². The fourth-order valence-electron chi connectivity index (χ4n) is 4.15. The Morgan fingerprint density at radius 3 is 1.87 bits per heavy atom. The van der Waals surface area contributed by atoms with Crippen LogP contribution in [0.5, 0.6) is 0 Å². The molecule has 0 saturated carbocycles. The third-order valence-electron chi connectivity index (χ3n) is 5.98. The summed E-state index contributed by atoms with van der Waals surface area (Å²) in [6.07, 6.45) is 17.2. The van der Waals surface area contributed by atoms with Crippen LogP contribution in [0.25, 0.3) is 0 Å². The van der Waals surface area contributed by atoms with E-state index >= 15 is 0 Å². The van der Waals surface area contributed by atoms with Gasteiger partial charge in [0.15, 0.2) is 5.78 Å². The molecule has 0 unspecified atom stereocenters. The van der Waals surface area contributed by atoms with E-state index in [-0.39, 0.29) is 11.7 Å². The number of benzene rings is 1. The van der Waals surface area contributed by atoms with Crippen LogP contribution in [0.2, 0.25) is 0 Å². The summed E-state index contributed by atoms with van der Waals surface area (Å²) in [5, 5.41) is 5.71. The number of anilines is 1. The van der Waals surface area contributed by atoms with Gasteiger partial charge in [-0.25, -0.2) is 0 Å². The Balaban J connectivity index is 1.53. The Bertz CT molecular complexity index is 669. The van der Waals surface area contributed by atoms with Crippen molar-refractivity contribution in [2.45, 2.75) is 104 Å². The van der Waals surface area contributed by atoms with Crippen molar-refractivity contribution >= 4 is 23.1 Å². The van der Waals surface area contributed by atoms with E-state index in [9.17, 15) is 9.59 Å². The highest BCUT2D eigenvalue weighted by Gasteiger charge is 2.38. The van der Waals surface area contributed by atoms with Crippen molar-refractivity contribution < 1.29 is 9.59 Å². The second kappa shape index (κ2) is 14.1. The maximum Gasteiger partial charge on any atom is 0.263 e. The Hall–Kier alpha value is -1.97. The molecule has 1 atom stereocenters. The molecule has 1 amide bonds. The summed E-state index contributed by atoms with van der Waals surface area (Å²) >= 11 is 0. The van der Waals surface area contributed by atoms with Gasteiger partial charge in [0.2, 0.25) is 0 Å². The quantitative estimate of drug-likeness (QED) is 0.215. The lowest BCUT2D eigenvalue weighted by atomic mass is 9.94. The highest BCUT2D eigenvalue weighted by atomic mass is 16.2. The van der Waals surface area contributed by atoms with E-state index in [1.807, 2.05) is 30.3 Å². The van der Waals surface area contributed by atoms with Crippen molar-refractivity contribution in [3.63, 3.8) is 0 Å². The van der Waals surface area contributed by atoms with Crippen LogP contribution in [-0.2, 0) is 9.59 Å². The maximum absolute atomic E-state index is 12.7. The lowest BCUT2D eigenvalue weighted by Gasteiger charge is -2.13. The van der Waals surface area contributed by atoms with Crippen LogP contribution in [0.15, 0.2) is 35.4 Å². The molecule has 4 heteroatoms. The zero-order chi connectivity index (χ0) is 21.6. The average molecular weight is 413 g/mol. The number of rotatable bonds is 16. The third-order valence-corrected chi connectivity index (χ3v) is 5.98. The van der Waals surface area contributed by atoms with Crippen LogP contribution in [0, 0.1) is 5.92 Å². The molecule has 0 aliphatic carbocycles. The Kier molecular flexibility index (Phi) is 11.4. The van der Waals surface area contributed by atoms with Crippen molar-refractivity contribution in [2.24, 2.45) is 11.0 Å². The second-order valence-electron chi connectivity index (χ2n) is 8.62. The summed E-state index contributed by atoms with van der Waals surface area (Å²) in [7, 11) is 0. The van der Waals surface area contributed by atoms with E-state index in [4.69, 9.17) is 0 Å². The molecule has 0 aromatic heterocycles. The number of carbonyl (C=O) groups excluding carboxylic acids is 2. The van der Waals surface area contributed by atoms with Gasteiger partial charge in [-0.15, -0.1) is 0 Å². The fourth-order valence-corrected chi connectivity index (χ4v) is 4.15. The lowest BCUT2D eigenvalue weighted by Crippen LogP contribution is -2.32. The van der Waals surface area contributed by atoms with Gasteiger partial charge in [-0.3, -0.25) is 9.59 Å². The zero-order valence-corrected chi connectivity index (χ0v) is 19.1. The molecule has 2 rings (SSSR count). The van der Waals surface area contributed by atoms with Crippen LogP contribution in [0.4, 0.5) is 5.69 Å². The average Bonchev–Trinajstić information content (AvgIpc) is 3.06. The molecule has 30 heavy (non-hydrogen) atoms. The molecule has 0 saturated heterocycles. The molecular formula is C26H40N2O2. The predicted molar refractivity (Wildman–Crippen MR) is 126 cm³/mol. The Labute approximate surface area is 183 Å². The van der Waals surface area contributed by atoms with E-state index in [1.54, 1.807) is 6.92 Å². The number of hydrogen-bond acceptors (Lipinski definition) is 3. The molecule has 1 aliphatic rings. The number of nitrogens with zero attached hydrogens (tertiary/aromatic N) is 2. The minimum absolute atomic E-state index is 0.0164. The van der Waals surface area contributed by atoms with Crippen molar-refractivity contribution in [2.75, 3.05) is 5.01 Å². The molecule has 4 nitrogen and oxygen atoms in total. The molecule has 1 aromatic carbocycles. The monoisotopic (exact) mass is 412 g/mol. The third kappa shape index (κ3) is 8.04. The number of hydrazone groups is 1. The molecule has 0 fully saturated rings. The minimum atomic E-state index is -0.692. The molecule has 1 aromatic rings. The van der Waals surface area contributed by atoms with Gasteiger partial charge in [-0.05, 0) is 25.5 Å². The van der Waals surface area contributed by atoms with Gasteiger partial charge >= 0.3 is 0 Å². The van der Waals surface area contributed by atoms with E-state index in [0.717, 1.165) is 18.5 Å². The van der Waals surface area contributed by atoms with Gasteiger partial charge in [0, 0.05) is 6.42 Å². The van der Waals surface area contributed by atoms with Crippen LogP contribution >= 0.6 is 0 Å². The van der Waals surface area contributed by atoms with Crippen molar-refractivity contribution in [3.05, 3.63) is 30.3 Å². The summed E-state index contributed by atoms with van der Waals surface area (Å²) < 4.78 is 0. The summed E-state index contributed by atoms with van der Waals surface area (Å²) in [6.45, 7) is 4.05. The SMILES string of the molecule is CCCCCCCCCCCCCCCC(=O)[C@@H]1C(=O)N(c2ccccc2)N=C1C. The zero-order valence-electron chi connectivity index (χ0n) is 19.1. The summed E-state index contributed by atoms with van der Waals surface area (Å²) in [5.41, 5.74) is 1.33. The van der Waals surface area contributed by atoms with Gasteiger partial charge < -0.3 is 0 Å². The Morgan fingerprint density at radius 2 is 1.33 bits per heavy atom. The van der Waals surface area contributed by atoms with Gasteiger partial charge in [0.05, 0.1) is 11.4 Å². The van der Waals surface area contributed by atoms with E-state index in [1.165, 1.54) is 75.6 Å². The van der Waals surface area contributed by atoms with Crippen LogP contribution in [0.1, 0.15) is 104 Å². The minimum Gasteiger partial charge on any atom is -0.298 e. The summed E-state index contributed by atoms with van der Waals surface area (Å²) in [5.74, 6) is -0.885. The molecule has 1 aliphatic heterocycles. The number of amides is 1. The topological polar surface area (TPSA) is 49.7 Å². The molecule has 1 heterocycles. The molecule has 0 spiro atoms. The molecule has 166 valence electrons. The van der Waals surface area contributed by atoms with E-state index in [2.05, 4.69) is 12.0 Å². The standard InChI is InChI=1S/C26H40N2O2/c1-3-4-5-6-7-8-9-10-11-12-13-14-18-21-24(29)25-22(2)27-28(26(25)30)23-19-16-15-17-20-23/h15-17,19-20,25H,3-14,18,21H2,1-2H3/t25-/m1/s1. The second-order valence-corrected chi connectivity index (χ2v) is 8.62. The fraction of sp³-hybridized carbons (Fsp3) is 0.654. The van der Waals surface area contributed by atoms with Crippen LogP contribution in [0.3, 0.4) is 0 Å². The number of hydrogen-bond donors (Lipinski definition) is 0. The van der Waals surface area contributed by atoms with E-state index < -0.39 is 5.92 Å². The number of carbonyl (C=O) groups is 2.